The van der Waals surface area contributed by atoms with Gasteiger partial charge in [0, 0.05) is 44.2 Å². The molecule has 0 saturated carbocycles. The number of hydrogen-bond donors (Lipinski definition) is 2. The number of carbonyl (C=O) groups excluding carboxylic acids is 2. The molecule has 6 rings (SSSR count). The zero-order valence-electron chi connectivity index (χ0n) is 24.8. The van der Waals surface area contributed by atoms with Gasteiger partial charge in [-0.1, -0.05) is 46.4 Å². The normalized spacial score (nSPS) is 13.7. The van der Waals surface area contributed by atoms with Crippen LogP contribution in [0.5, 0.6) is 0 Å². The molecule has 0 bridgehead atoms. The van der Waals surface area contributed by atoms with Crippen LogP contribution in [-0.2, 0) is 40.5 Å². The van der Waals surface area contributed by atoms with Gasteiger partial charge in [0.1, 0.15) is 21.9 Å². The molecule has 0 aliphatic carbocycles. The number of ether oxygens (including phenoxy) is 1. The minimum Gasteiger partial charge on any atom is -0.456 e. The van der Waals surface area contributed by atoms with E-state index in [0.717, 1.165) is 37.8 Å². The van der Waals surface area contributed by atoms with Crippen molar-refractivity contribution >= 4 is 69.7 Å². The zero-order valence-corrected chi connectivity index (χ0v) is 27.9. The second kappa shape index (κ2) is 14.1. The van der Waals surface area contributed by atoms with E-state index in [9.17, 15) is 28.0 Å². The number of nitrogens with zero attached hydrogens (tertiary/aromatic N) is 4. The Morgan fingerprint density at radius 1 is 0.766 bits per heavy atom. The largest absolute Gasteiger partial charge is 0.456 e. The number of rotatable bonds is 5. The van der Waals surface area contributed by atoms with Gasteiger partial charge in [0.15, 0.2) is 6.61 Å². The minimum atomic E-state index is -0.736. The molecule has 0 radical (unpaired) electrons. The Morgan fingerprint density at radius 2 is 1.21 bits per heavy atom. The summed E-state index contributed by atoms with van der Waals surface area (Å²) in [6, 6.07) is 4.70. The van der Waals surface area contributed by atoms with Crippen LogP contribution < -0.4 is 22.2 Å². The average Bonchev–Trinajstić information content (AvgIpc) is 3.44. The van der Waals surface area contributed by atoms with E-state index < -0.39 is 35.7 Å². The van der Waals surface area contributed by atoms with Gasteiger partial charge in [-0.2, -0.15) is 0 Å². The first-order valence-electron chi connectivity index (χ1n) is 14.5. The molecule has 2 aliphatic heterocycles. The molecular formula is C30H28Cl4F2N6O5. The Bertz CT molecular complexity index is 2020. The van der Waals surface area contributed by atoms with Crippen molar-refractivity contribution in [3.63, 3.8) is 0 Å². The molecule has 2 aliphatic rings. The molecule has 0 spiro atoms. The van der Waals surface area contributed by atoms with Gasteiger partial charge in [-0.05, 0) is 49.9 Å². The highest BCUT2D eigenvalue weighted by Gasteiger charge is 2.26. The van der Waals surface area contributed by atoms with Gasteiger partial charge in [-0.3, -0.25) is 28.5 Å². The predicted octanol–water partition coefficient (Wildman–Crippen LogP) is 6.20. The van der Waals surface area contributed by atoms with Crippen LogP contribution in [0.15, 0.2) is 33.9 Å². The molecule has 11 nitrogen and oxygen atoms in total. The second-order valence-electron chi connectivity index (χ2n) is 10.8. The maximum atomic E-state index is 14.5. The van der Waals surface area contributed by atoms with Crippen molar-refractivity contribution in [3.05, 3.63) is 77.0 Å². The van der Waals surface area contributed by atoms with Crippen LogP contribution in [-0.4, -0.2) is 37.2 Å². The lowest BCUT2D eigenvalue weighted by Gasteiger charge is -2.17. The third-order valence-corrected chi connectivity index (χ3v) is 9.10. The molecular weight excluding hydrogens is 704 g/mol. The smallest absolute Gasteiger partial charge is 0.303 e. The summed E-state index contributed by atoms with van der Waals surface area (Å²) in [5, 5.41) is 2.87. The third-order valence-electron chi connectivity index (χ3n) is 7.69. The molecule has 2 aromatic heterocycles. The number of esters is 1. The van der Waals surface area contributed by atoms with Crippen molar-refractivity contribution in [2.24, 2.45) is 0 Å². The van der Waals surface area contributed by atoms with Crippen LogP contribution >= 0.6 is 46.4 Å². The Labute approximate surface area is 286 Å². The Morgan fingerprint density at radius 3 is 1.68 bits per heavy atom. The minimum absolute atomic E-state index is 0.0169. The summed E-state index contributed by atoms with van der Waals surface area (Å²) < 4.78 is 39.6. The molecule has 0 fully saturated rings. The van der Waals surface area contributed by atoms with E-state index in [1.807, 2.05) is 0 Å². The number of halogens is 6. The van der Waals surface area contributed by atoms with Gasteiger partial charge in [-0.15, -0.1) is 0 Å². The highest BCUT2D eigenvalue weighted by Crippen LogP contribution is 2.35. The first-order chi connectivity index (χ1) is 22.3. The van der Waals surface area contributed by atoms with E-state index in [4.69, 9.17) is 52.1 Å². The van der Waals surface area contributed by atoms with Gasteiger partial charge >= 0.3 is 5.97 Å². The summed E-state index contributed by atoms with van der Waals surface area (Å²) >= 11 is 24.3. The monoisotopic (exact) mass is 730 g/mol. The Kier molecular flexibility index (Phi) is 10.4. The molecule has 47 heavy (non-hydrogen) atoms. The fraction of sp³-hybridized carbons (Fsp3) is 0.333. The lowest BCUT2D eigenvalue weighted by atomic mass is 10.1. The average molecular weight is 732 g/mol. The maximum absolute atomic E-state index is 14.5. The molecule has 0 unspecified atom stereocenters. The van der Waals surface area contributed by atoms with E-state index >= 15 is 0 Å². The van der Waals surface area contributed by atoms with Crippen LogP contribution in [0.3, 0.4) is 0 Å². The molecule has 17 heteroatoms. The molecule has 2 aromatic carbocycles. The summed E-state index contributed by atoms with van der Waals surface area (Å²) in [7, 11) is 0. The number of nitrogen functional groups attached to an aromatic ring is 1. The summed E-state index contributed by atoms with van der Waals surface area (Å²) in [6.07, 6.45) is 3.55. The molecule has 3 N–H and O–H groups in total. The number of nitrogens with one attached hydrogen (secondary N) is 1. The number of nitrogens with two attached hydrogens (primary N) is 1. The first kappa shape index (κ1) is 34.6. The number of fused-ring (bicyclic) bond motifs is 2. The van der Waals surface area contributed by atoms with Gasteiger partial charge in [0.2, 0.25) is 0 Å². The number of hydrogen-bond acceptors (Lipinski definition) is 6. The van der Waals surface area contributed by atoms with Crippen LogP contribution in [0, 0.1) is 11.6 Å². The van der Waals surface area contributed by atoms with Gasteiger partial charge in [-0.25, -0.2) is 18.1 Å². The van der Waals surface area contributed by atoms with Crippen LogP contribution in [0.25, 0.3) is 22.3 Å². The number of carbonyl (C=O) groups is 2. The summed E-state index contributed by atoms with van der Waals surface area (Å²) in [5.74, 6) is -2.61. The summed E-state index contributed by atoms with van der Waals surface area (Å²) in [6.45, 7) is 2.96. The van der Waals surface area contributed by atoms with E-state index in [1.165, 1.54) is 23.7 Å². The molecule has 4 aromatic rings. The number of anilines is 2. The van der Waals surface area contributed by atoms with Crippen molar-refractivity contribution in [2.45, 2.75) is 58.8 Å². The van der Waals surface area contributed by atoms with E-state index in [-0.39, 0.29) is 59.5 Å². The molecule has 0 saturated heterocycles. The van der Waals surface area contributed by atoms with E-state index in [0.29, 0.717) is 26.2 Å². The number of amides is 1. The lowest BCUT2D eigenvalue weighted by Crippen LogP contribution is -2.27. The molecule has 4 heterocycles. The SMILES string of the molecule is CC(=O)OCC(=O)Nc1cc(-c2c(Cl)n3n(c2=O)CCCC3)c(F)cc1Cl.Nc1cc(-c2c(Cl)n3n(c2=O)CCCC3)c(F)cc1Cl. The summed E-state index contributed by atoms with van der Waals surface area (Å²) in [4.78, 5) is 47.7. The maximum Gasteiger partial charge on any atom is 0.303 e. The van der Waals surface area contributed by atoms with Crippen LogP contribution in [0.4, 0.5) is 20.2 Å². The highest BCUT2D eigenvalue weighted by molar-refractivity contribution is 6.35. The molecule has 0 atom stereocenters. The van der Waals surface area contributed by atoms with Gasteiger partial charge < -0.3 is 15.8 Å². The van der Waals surface area contributed by atoms with Crippen molar-refractivity contribution in [2.75, 3.05) is 17.7 Å². The van der Waals surface area contributed by atoms with Crippen molar-refractivity contribution in [1.29, 1.82) is 0 Å². The Balaban J connectivity index is 0.000000193. The molecule has 1 amide bonds. The van der Waals surface area contributed by atoms with Gasteiger partial charge in [0.05, 0.1) is 32.5 Å². The van der Waals surface area contributed by atoms with Crippen LogP contribution in [0.1, 0.15) is 32.6 Å². The van der Waals surface area contributed by atoms with Crippen molar-refractivity contribution in [3.8, 4) is 22.3 Å². The third kappa shape index (κ3) is 6.94. The number of aromatic nitrogens is 4. The topological polar surface area (TPSA) is 135 Å². The molecule has 250 valence electrons. The number of benzene rings is 2. The van der Waals surface area contributed by atoms with Gasteiger partial charge in [0.25, 0.3) is 17.0 Å². The fourth-order valence-corrected chi connectivity index (χ4v) is 6.52. The zero-order chi connectivity index (χ0) is 34.2. The quantitative estimate of drug-likeness (QED) is 0.186. The first-order valence-corrected chi connectivity index (χ1v) is 16.0. The van der Waals surface area contributed by atoms with Crippen molar-refractivity contribution in [1.82, 2.24) is 18.7 Å². The standard InChI is InChI=1S/C17H16Cl2FN3O4.C13H12Cl2FN3O/c1-9(24)27-8-14(25)21-13-6-10(12(20)7-11(13)18)15-16(19)22-4-2-3-5-23(22)17(15)26;14-8-6-9(16)7(5-10(8)17)11-12(15)18-3-1-2-4-19(18)13(11)20/h6-7H,2-5,8H2,1H3,(H,21,25);5-6H,1-4,17H2. The van der Waals surface area contributed by atoms with E-state index in [1.54, 1.807) is 14.0 Å². The van der Waals surface area contributed by atoms with Crippen LogP contribution in [0.2, 0.25) is 20.4 Å². The fourth-order valence-electron chi connectivity index (χ4n) is 5.45. The summed E-state index contributed by atoms with van der Waals surface area (Å²) in [5.41, 5.74) is 5.48. The Hall–Kier alpha value is -3.78. The second-order valence-corrected chi connectivity index (χ2v) is 12.4. The highest BCUT2D eigenvalue weighted by atomic mass is 35.5. The van der Waals surface area contributed by atoms with E-state index in [2.05, 4.69) is 10.1 Å². The lowest BCUT2D eigenvalue weighted by molar-refractivity contribution is -0.144. The predicted molar refractivity (Wildman–Crippen MR) is 176 cm³/mol. The van der Waals surface area contributed by atoms with Crippen molar-refractivity contribution < 1.29 is 23.1 Å².